The molecule has 28 heavy (non-hydrogen) atoms. The molecule has 0 aromatic carbocycles. The van der Waals surface area contributed by atoms with Gasteiger partial charge in [-0.25, -0.2) is 14.6 Å². The Morgan fingerprint density at radius 1 is 1.07 bits per heavy atom. The molecule has 3 aromatic heterocycles. The zero-order chi connectivity index (χ0) is 19.7. The molecule has 0 aliphatic carbocycles. The molecule has 9 nitrogen and oxygen atoms in total. The molecule has 0 saturated carbocycles. The third-order valence-corrected chi connectivity index (χ3v) is 4.31. The first-order valence-corrected chi connectivity index (χ1v) is 8.61. The molecular weight excluding hydrogens is 377 g/mol. The van der Waals surface area contributed by atoms with E-state index in [9.17, 15) is 13.2 Å². The number of aromatic nitrogens is 6. The second kappa shape index (κ2) is 7.19. The van der Waals surface area contributed by atoms with Crippen LogP contribution in [0.4, 0.5) is 19.0 Å². The molecule has 0 atom stereocenters. The highest BCUT2D eigenvalue weighted by Gasteiger charge is 2.38. The monoisotopic (exact) mass is 394 g/mol. The van der Waals surface area contributed by atoms with E-state index in [2.05, 4.69) is 30.2 Å². The van der Waals surface area contributed by atoms with Gasteiger partial charge in [0.25, 0.3) is 0 Å². The zero-order valence-electron chi connectivity index (χ0n) is 15.0. The summed E-state index contributed by atoms with van der Waals surface area (Å²) in [5.74, 6) is 0.745. The largest absolute Gasteiger partial charge is 0.470 e. The van der Waals surface area contributed by atoms with Gasteiger partial charge in [-0.05, 0) is 13.0 Å². The van der Waals surface area contributed by atoms with E-state index in [4.69, 9.17) is 4.42 Å². The molecular formula is C16H17F3N8O. The zero-order valence-corrected chi connectivity index (χ0v) is 15.0. The van der Waals surface area contributed by atoms with Gasteiger partial charge in [0.05, 0.1) is 6.54 Å². The summed E-state index contributed by atoms with van der Waals surface area (Å²) >= 11 is 0. The van der Waals surface area contributed by atoms with E-state index >= 15 is 0 Å². The molecule has 0 bridgehead atoms. The molecule has 3 aromatic rings. The molecule has 0 unspecified atom stereocenters. The SMILES string of the molecule is Cc1nc(N2CCN(Cc3nnc(C(F)(F)F)o3)CC2)cc(-n2cccn2)n1. The summed E-state index contributed by atoms with van der Waals surface area (Å²) in [6.45, 7) is 4.58. The van der Waals surface area contributed by atoms with Gasteiger partial charge in [0.2, 0.25) is 5.89 Å². The Bertz CT molecular complexity index is 932. The molecule has 1 aliphatic heterocycles. The quantitative estimate of drug-likeness (QED) is 0.661. The van der Waals surface area contributed by atoms with Gasteiger partial charge in [-0.3, -0.25) is 4.90 Å². The lowest BCUT2D eigenvalue weighted by molar-refractivity contribution is -0.157. The summed E-state index contributed by atoms with van der Waals surface area (Å²) in [5, 5.41) is 10.7. The number of aryl methyl sites for hydroxylation is 1. The van der Waals surface area contributed by atoms with Gasteiger partial charge in [-0.15, -0.1) is 10.2 Å². The van der Waals surface area contributed by atoms with E-state index in [1.54, 1.807) is 10.9 Å². The molecule has 0 N–H and O–H groups in total. The molecule has 1 saturated heterocycles. The van der Waals surface area contributed by atoms with Crippen molar-refractivity contribution in [3.63, 3.8) is 0 Å². The molecule has 148 valence electrons. The number of hydrogen-bond acceptors (Lipinski definition) is 8. The van der Waals surface area contributed by atoms with E-state index in [1.165, 1.54) is 0 Å². The van der Waals surface area contributed by atoms with Crippen molar-refractivity contribution in [2.24, 2.45) is 0 Å². The van der Waals surface area contributed by atoms with E-state index < -0.39 is 12.1 Å². The van der Waals surface area contributed by atoms with Crippen LogP contribution in [0.5, 0.6) is 0 Å². The van der Waals surface area contributed by atoms with E-state index in [0.717, 1.165) is 5.82 Å². The van der Waals surface area contributed by atoms with Crippen LogP contribution in [-0.4, -0.2) is 61.0 Å². The maximum Gasteiger partial charge on any atom is 0.470 e. The number of halogens is 3. The van der Waals surface area contributed by atoms with Crippen LogP contribution in [-0.2, 0) is 12.7 Å². The highest BCUT2D eigenvalue weighted by atomic mass is 19.4. The summed E-state index contributed by atoms with van der Waals surface area (Å²) in [7, 11) is 0. The lowest BCUT2D eigenvalue weighted by atomic mass is 10.3. The standard InChI is InChI=1S/C16H17F3N8O/c1-11-21-12(9-13(22-11)27-4-2-3-20-27)26-7-5-25(6-8-26)10-14-23-24-15(28-14)16(17,18)19/h2-4,9H,5-8,10H2,1H3. The lowest BCUT2D eigenvalue weighted by Gasteiger charge is -2.34. The second-order valence-electron chi connectivity index (χ2n) is 6.34. The van der Waals surface area contributed by atoms with Crippen molar-refractivity contribution in [1.29, 1.82) is 0 Å². The van der Waals surface area contributed by atoms with E-state index in [0.29, 0.717) is 37.8 Å². The molecule has 1 fully saturated rings. The van der Waals surface area contributed by atoms with Gasteiger partial charge >= 0.3 is 12.1 Å². The normalized spacial score (nSPS) is 15.9. The third kappa shape index (κ3) is 3.96. The lowest BCUT2D eigenvalue weighted by Crippen LogP contribution is -2.46. The molecule has 4 heterocycles. The summed E-state index contributed by atoms with van der Waals surface area (Å²) in [4.78, 5) is 13.0. The Labute approximate surface area is 157 Å². The fourth-order valence-corrected chi connectivity index (χ4v) is 2.98. The van der Waals surface area contributed by atoms with Gasteiger partial charge in [-0.1, -0.05) is 0 Å². The summed E-state index contributed by atoms with van der Waals surface area (Å²) in [6, 6.07) is 3.68. The minimum absolute atomic E-state index is 0.0420. The summed E-state index contributed by atoms with van der Waals surface area (Å²) < 4.78 is 44.0. The third-order valence-electron chi connectivity index (χ3n) is 4.31. The van der Waals surface area contributed by atoms with Crippen molar-refractivity contribution in [3.05, 3.63) is 42.1 Å². The Morgan fingerprint density at radius 2 is 1.82 bits per heavy atom. The Kier molecular flexibility index (Phi) is 4.71. The Balaban J connectivity index is 1.40. The highest BCUT2D eigenvalue weighted by Crippen LogP contribution is 2.28. The van der Waals surface area contributed by atoms with Crippen LogP contribution in [0, 0.1) is 6.92 Å². The van der Waals surface area contributed by atoms with Gasteiger partial charge in [0.15, 0.2) is 5.82 Å². The highest BCUT2D eigenvalue weighted by molar-refractivity contribution is 5.44. The number of rotatable bonds is 4. The van der Waals surface area contributed by atoms with Crippen molar-refractivity contribution < 1.29 is 17.6 Å². The first-order valence-electron chi connectivity index (χ1n) is 8.61. The predicted molar refractivity (Wildman–Crippen MR) is 90.7 cm³/mol. The number of anilines is 1. The number of alkyl halides is 3. The number of hydrogen-bond donors (Lipinski definition) is 0. The molecule has 12 heteroatoms. The van der Waals surface area contributed by atoms with Crippen LogP contribution in [0.25, 0.3) is 5.82 Å². The smallest absolute Gasteiger partial charge is 0.416 e. The average molecular weight is 394 g/mol. The number of piperazine rings is 1. The van der Waals surface area contributed by atoms with Crippen LogP contribution in [0.15, 0.2) is 28.9 Å². The summed E-state index contributed by atoms with van der Waals surface area (Å²) in [6.07, 6.45) is -1.14. The second-order valence-corrected chi connectivity index (χ2v) is 6.34. The molecule has 0 spiro atoms. The maximum atomic E-state index is 12.6. The Hall–Kier alpha value is -3.02. The fraction of sp³-hybridized carbons (Fsp3) is 0.438. The first kappa shape index (κ1) is 18.3. The summed E-state index contributed by atoms with van der Waals surface area (Å²) in [5.41, 5.74) is 0. The topological polar surface area (TPSA) is 89.0 Å². The predicted octanol–water partition coefficient (Wildman–Crippen LogP) is 1.69. The van der Waals surface area contributed by atoms with Crippen LogP contribution >= 0.6 is 0 Å². The van der Waals surface area contributed by atoms with Crippen LogP contribution < -0.4 is 4.90 Å². The molecule has 1 aliphatic rings. The first-order chi connectivity index (χ1) is 13.4. The number of nitrogens with zero attached hydrogens (tertiary/aromatic N) is 8. The molecule has 0 radical (unpaired) electrons. The minimum Gasteiger partial charge on any atom is -0.416 e. The van der Waals surface area contributed by atoms with Crippen molar-refractivity contribution in [2.45, 2.75) is 19.6 Å². The van der Waals surface area contributed by atoms with Gasteiger partial charge in [-0.2, -0.15) is 18.3 Å². The molecule has 0 amide bonds. The van der Waals surface area contributed by atoms with Crippen molar-refractivity contribution in [1.82, 2.24) is 34.8 Å². The van der Waals surface area contributed by atoms with Gasteiger partial charge < -0.3 is 9.32 Å². The van der Waals surface area contributed by atoms with Crippen molar-refractivity contribution >= 4 is 5.82 Å². The minimum atomic E-state index is -4.62. The van der Waals surface area contributed by atoms with Crippen molar-refractivity contribution in [3.8, 4) is 5.82 Å². The van der Waals surface area contributed by atoms with E-state index in [1.807, 2.05) is 30.2 Å². The van der Waals surface area contributed by atoms with Crippen LogP contribution in [0.1, 0.15) is 17.6 Å². The Morgan fingerprint density at radius 3 is 2.46 bits per heavy atom. The average Bonchev–Trinajstić information content (AvgIpc) is 3.33. The van der Waals surface area contributed by atoms with Gasteiger partial charge in [0, 0.05) is 44.6 Å². The van der Waals surface area contributed by atoms with Crippen molar-refractivity contribution in [2.75, 3.05) is 31.1 Å². The molecule has 4 rings (SSSR count). The van der Waals surface area contributed by atoms with E-state index in [-0.39, 0.29) is 12.4 Å². The van der Waals surface area contributed by atoms with Crippen LogP contribution in [0.2, 0.25) is 0 Å². The maximum absolute atomic E-state index is 12.6. The van der Waals surface area contributed by atoms with Crippen LogP contribution in [0.3, 0.4) is 0 Å². The fourth-order valence-electron chi connectivity index (χ4n) is 2.98. The van der Waals surface area contributed by atoms with Gasteiger partial charge in [0.1, 0.15) is 11.6 Å².